The summed E-state index contributed by atoms with van der Waals surface area (Å²) in [6.07, 6.45) is 10.2. The van der Waals surface area contributed by atoms with Crippen molar-refractivity contribution in [2.24, 2.45) is 5.10 Å². The quantitative estimate of drug-likeness (QED) is 0.409. The molecule has 104 valence electrons. The van der Waals surface area contributed by atoms with Gasteiger partial charge in [-0.1, -0.05) is 6.07 Å². The molecule has 2 heterocycles. The number of hydrazone groups is 1. The molecule has 0 radical (unpaired) electrons. The molecule has 5 nitrogen and oxygen atoms in total. The van der Waals surface area contributed by atoms with Gasteiger partial charge in [0, 0.05) is 18.3 Å². The van der Waals surface area contributed by atoms with Gasteiger partial charge in [-0.05, 0) is 24.3 Å². The zero-order valence-corrected chi connectivity index (χ0v) is 11.4. The average Bonchev–Trinajstić information content (AvgIpc) is 2.92. The van der Waals surface area contributed by atoms with E-state index < -0.39 is 0 Å². The number of hydrogen-bond acceptors (Lipinski definition) is 3. The van der Waals surface area contributed by atoms with Crippen molar-refractivity contribution >= 4 is 18.2 Å². The standard InChI is InChI=1S/C14H13N3O2.ClH/c18-14(12-17-9-2-1-3-10-17)16-15-8-4-6-13-7-5-11-19-13;/h1-11H,12H2;1H. The third-order valence-electron chi connectivity index (χ3n) is 2.26. The third kappa shape index (κ3) is 5.49. The van der Waals surface area contributed by atoms with Gasteiger partial charge in [0.2, 0.25) is 6.54 Å². The molecular weight excluding hydrogens is 278 g/mol. The Hall–Kier alpha value is -2.40. The molecular formula is C14H14ClN3O2. The van der Waals surface area contributed by atoms with Crippen molar-refractivity contribution in [2.75, 3.05) is 0 Å². The molecule has 2 aromatic rings. The summed E-state index contributed by atoms with van der Waals surface area (Å²) < 4.78 is 6.87. The number of carbonyl (C=O) groups excluding carboxylic acids is 1. The summed E-state index contributed by atoms with van der Waals surface area (Å²) in [5.74, 6) is 0.552. The predicted molar refractivity (Wildman–Crippen MR) is 71.0 cm³/mol. The molecule has 0 unspecified atom stereocenters. The van der Waals surface area contributed by atoms with E-state index in [1.165, 1.54) is 6.21 Å². The number of nitrogens with zero attached hydrogens (tertiary/aromatic N) is 2. The van der Waals surface area contributed by atoms with Gasteiger partial charge < -0.3 is 16.8 Å². The lowest BCUT2D eigenvalue weighted by Gasteiger charge is -1.95. The number of rotatable bonds is 5. The lowest BCUT2D eigenvalue weighted by atomic mass is 10.4. The van der Waals surface area contributed by atoms with Crippen LogP contribution >= 0.6 is 0 Å². The molecule has 0 aliphatic heterocycles. The SMILES string of the molecule is O=C(C[n+]1ccccc1)NN=CC=Cc1ccco1.[Cl-]. The Morgan fingerprint density at radius 2 is 2.10 bits per heavy atom. The van der Waals surface area contributed by atoms with Gasteiger partial charge in [-0.15, -0.1) is 0 Å². The molecule has 1 N–H and O–H groups in total. The number of pyridine rings is 1. The maximum Gasteiger partial charge on any atom is 0.305 e. The van der Waals surface area contributed by atoms with Crippen LogP contribution in [0.1, 0.15) is 5.76 Å². The van der Waals surface area contributed by atoms with E-state index in [1.54, 1.807) is 29.0 Å². The van der Waals surface area contributed by atoms with Gasteiger partial charge in [-0.2, -0.15) is 9.67 Å². The lowest BCUT2D eigenvalue weighted by Crippen LogP contribution is -3.00. The number of allylic oxidation sites excluding steroid dienone is 1. The van der Waals surface area contributed by atoms with E-state index >= 15 is 0 Å². The maximum atomic E-state index is 11.5. The molecule has 1 amide bonds. The second-order valence-corrected chi connectivity index (χ2v) is 3.74. The minimum absolute atomic E-state index is 0. The summed E-state index contributed by atoms with van der Waals surface area (Å²) in [5.41, 5.74) is 2.44. The fourth-order valence-electron chi connectivity index (χ4n) is 1.42. The largest absolute Gasteiger partial charge is 1.00 e. The number of nitrogens with one attached hydrogen (secondary N) is 1. The Morgan fingerprint density at radius 1 is 1.30 bits per heavy atom. The van der Waals surface area contributed by atoms with Gasteiger partial charge in [0.05, 0.1) is 6.26 Å². The van der Waals surface area contributed by atoms with Gasteiger partial charge in [-0.25, -0.2) is 5.43 Å². The summed E-state index contributed by atoms with van der Waals surface area (Å²) in [6, 6.07) is 9.25. The first-order valence-corrected chi connectivity index (χ1v) is 5.81. The van der Waals surface area contributed by atoms with E-state index in [0.717, 1.165) is 5.76 Å². The van der Waals surface area contributed by atoms with Crippen LogP contribution < -0.4 is 22.4 Å². The average molecular weight is 292 g/mol. The van der Waals surface area contributed by atoms with Crippen LogP contribution in [-0.2, 0) is 11.3 Å². The monoisotopic (exact) mass is 291 g/mol. The van der Waals surface area contributed by atoms with Crippen LogP contribution in [0.4, 0.5) is 0 Å². The number of halogens is 1. The summed E-state index contributed by atoms with van der Waals surface area (Å²) in [4.78, 5) is 11.5. The number of aromatic nitrogens is 1. The molecule has 2 rings (SSSR count). The van der Waals surface area contributed by atoms with Crippen LogP contribution in [0, 0.1) is 0 Å². The Morgan fingerprint density at radius 3 is 2.80 bits per heavy atom. The van der Waals surface area contributed by atoms with E-state index in [2.05, 4.69) is 10.5 Å². The second kappa shape index (κ2) is 8.66. The van der Waals surface area contributed by atoms with Crippen molar-refractivity contribution in [3.8, 4) is 0 Å². The minimum atomic E-state index is -0.182. The van der Waals surface area contributed by atoms with Crippen LogP contribution in [0.25, 0.3) is 6.08 Å². The highest BCUT2D eigenvalue weighted by molar-refractivity contribution is 5.80. The van der Waals surface area contributed by atoms with E-state index in [1.807, 2.05) is 36.7 Å². The summed E-state index contributed by atoms with van der Waals surface area (Å²) in [5, 5.41) is 3.80. The number of carbonyl (C=O) groups is 1. The Kier molecular flexibility index (Phi) is 6.78. The van der Waals surface area contributed by atoms with Crippen molar-refractivity contribution in [3.63, 3.8) is 0 Å². The van der Waals surface area contributed by atoms with Crippen LogP contribution in [0.5, 0.6) is 0 Å². The maximum absolute atomic E-state index is 11.5. The summed E-state index contributed by atoms with van der Waals surface area (Å²) >= 11 is 0. The molecule has 0 spiro atoms. The van der Waals surface area contributed by atoms with Crippen LogP contribution in [0.15, 0.2) is 64.6 Å². The molecule has 0 aliphatic rings. The highest BCUT2D eigenvalue weighted by Crippen LogP contribution is 2.00. The highest BCUT2D eigenvalue weighted by Gasteiger charge is 2.05. The zero-order chi connectivity index (χ0) is 13.3. The molecule has 0 saturated heterocycles. The molecule has 0 bridgehead atoms. The third-order valence-corrected chi connectivity index (χ3v) is 2.26. The lowest BCUT2D eigenvalue weighted by molar-refractivity contribution is -0.684. The van der Waals surface area contributed by atoms with Crippen molar-refractivity contribution in [2.45, 2.75) is 6.54 Å². The highest BCUT2D eigenvalue weighted by atomic mass is 35.5. The smallest absolute Gasteiger partial charge is 0.305 e. The number of hydrogen-bond donors (Lipinski definition) is 1. The molecule has 0 aromatic carbocycles. The summed E-state index contributed by atoms with van der Waals surface area (Å²) in [6.45, 7) is 0.236. The van der Waals surface area contributed by atoms with Gasteiger partial charge in [0.1, 0.15) is 5.76 Å². The van der Waals surface area contributed by atoms with Gasteiger partial charge >= 0.3 is 5.91 Å². The minimum Gasteiger partial charge on any atom is -1.00 e. The van der Waals surface area contributed by atoms with Crippen molar-refractivity contribution in [1.29, 1.82) is 0 Å². The molecule has 0 fully saturated rings. The fourth-order valence-corrected chi connectivity index (χ4v) is 1.42. The van der Waals surface area contributed by atoms with Crippen molar-refractivity contribution in [1.82, 2.24) is 5.43 Å². The molecule has 20 heavy (non-hydrogen) atoms. The molecule has 0 atom stereocenters. The predicted octanol–water partition coefficient (Wildman–Crippen LogP) is -1.61. The topological polar surface area (TPSA) is 58.5 Å². The van der Waals surface area contributed by atoms with E-state index in [-0.39, 0.29) is 24.9 Å². The first-order chi connectivity index (χ1) is 9.34. The van der Waals surface area contributed by atoms with Crippen molar-refractivity contribution < 1.29 is 26.2 Å². The molecule has 0 aliphatic carbocycles. The molecule has 0 saturated carbocycles. The zero-order valence-electron chi connectivity index (χ0n) is 10.6. The number of furan rings is 1. The van der Waals surface area contributed by atoms with E-state index in [9.17, 15) is 4.79 Å². The van der Waals surface area contributed by atoms with Crippen LogP contribution in [0.2, 0.25) is 0 Å². The van der Waals surface area contributed by atoms with Crippen LogP contribution in [0.3, 0.4) is 0 Å². The van der Waals surface area contributed by atoms with Gasteiger partial charge in [0.15, 0.2) is 12.4 Å². The van der Waals surface area contributed by atoms with E-state index in [4.69, 9.17) is 4.42 Å². The van der Waals surface area contributed by atoms with Crippen molar-refractivity contribution in [3.05, 3.63) is 60.8 Å². The van der Waals surface area contributed by atoms with Crippen LogP contribution in [-0.4, -0.2) is 12.1 Å². The summed E-state index contributed by atoms with van der Waals surface area (Å²) in [7, 11) is 0. The molecule has 2 aromatic heterocycles. The first kappa shape index (κ1) is 15.7. The Balaban J connectivity index is 0.00000200. The van der Waals surface area contributed by atoms with Gasteiger partial charge in [-0.3, -0.25) is 4.79 Å². The Labute approximate surface area is 123 Å². The molecule has 6 heteroatoms. The normalized spacial score (nSPS) is 10.6. The second-order valence-electron chi connectivity index (χ2n) is 3.74. The Bertz CT molecular complexity index is 565. The fraction of sp³-hybridized carbons (Fsp3) is 0.0714. The number of amides is 1. The van der Waals surface area contributed by atoms with E-state index in [0.29, 0.717) is 0 Å². The first-order valence-electron chi connectivity index (χ1n) is 5.81. The van der Waals surface area contributed by atoms with Gasteiger partial charge in [0.25, 0.3) is 0 Å².